The zero-order chi connectivity index (χ0) is 27.1. The Bertz CT molecular complexity index is 1300. The van der Waals surface area contributed by atoms with Crippen molar-refractivity contribution in [2.24, 2.45) is 13.0 Å². The Hall–Kier alpha value is -3.99. The molecule has 3 rings (SSSR count). The minimum atomic E-state index is -1.21. The maximum atomic E-state index is 13.0. The number of carbonyl (C=O) groups excluding carboxylic acids is 2. The lowest BCUT2D eigenvalue weighted by Gasteiger charge is -2.24. The number of carboxylic acids is 1. The molecule has 0 aliphatic heterocycles. The fourth-order valence-electron chi connectivity index (χ4n) is 3.79. The van der Waals surface area contributed by atoms with E-state index in [1.165, 1.54) is 36.4 Å². The number of thiophene rings is 1. The quantitative estimate of drug-likeness (QED) is 0.347. The summed E-state index contributed by atoms with van der Waals surface area (Å²) in [5, 5.41) is 22.7. The number of carboxylic acid groups (broad SMARTS) is 1. The average molecular weight is 527 g/mol. The van der Waals surface area contributed by atoms with Crippen LogP contribution in [0.3, 0.4) is 0 Å². The Morgan fingerprint density at radius 1 is 1.11 bits per heavy atom. The number of benzene rings is 1. The Morgan fingerprint density at radius 2 is 1.81 bits per heavy atom. The number of carbonyl (C=O) groups is 3. The normalized spacial score (nSPS) is 12.6. The summed E-state index contributed by atoms with van der Waals surface area (Å²) in [6.07, 6.45) is 1.60. The van der Waals surface area contributed by atoms with E-state index in [4.69, 9.17) is 4.74 Å². The monoisotopic (exact) mass is 526 g/mol. The van der Waals surface area contributed by atoms with Gasteiger partial charge in [-0.1, -0.05) is 38.1 Å². The van der Waals surface area contributed by atoms with E-state index >= 15 is 0 Å². The molecule has 2 atom stereocenters. The topological polar surface area (TPSA) is 140 Å². The van der Waals surface area contributed by atoms with Crippen LogP contribution in [0, 0.1) is 5.92 Å². The lowest BCUT2D eigenvalue weighted by Crippen LogP contribution is -2.54. The van der Waals surface area contributed by atoms with Gasteiger partial charge in [0.05, 0.1) is 25.3 Å². The molecule has 0 saturated carbocycles. The highest BCUT2D eigenvalue weighted by Gasteiger charge is 2.29. The first-order valence-electron chi connectivity index (χ1n) is 11.6. The van der Waals surface area contributed by atoms with Gasteiger partial charge in [0, 0.05) is 13.5 Å². The molecular formula is C26H30N4O6S. The summed E-state index contributed by atoms with van der Waals surface area (Å²) < 4.78 is 6.47. The number of aromatic nitrogens is 2. The number of amides is 2. The largest absolute Gasteiger partial charge is 0.494 e. The van der Waals surface area contributed by atoms with E-state index in [9.17, 15) is 24.3 Å². The van der Waals surface area contributed by atoms with E-state index in [0.717, 1.165) is 5.56 Å². The van der Waals surface area contributed by atoms with Gasteiger partial charge in [-0.15, -0.1) is 0 Å². The number of aliphatic carboxylic acids is 1. The summed E-state index contributed by atoms with van der Waals surface area (Å²) in [6.45, 7) is 3.56. The van der Waals surface area contributed by atoms with E-state index in [-0.39, 0.29) is 30.2 Å². The summed E-state index contributed by atoms with van der Waals surface area (Å²) in [6, 6.07) is 6.51. The molecule has 11 heteroatoms. The number of nitrogens with zero attached hydrogens (tertiary/aromatic N) is 2. The van der Waals surface area contributed by atoms with Crippen molar-refractivity contribution in [3.05, 3.63) is 68.8 Å². The van der Waals surface area contributed by atoms with Crippen LogP contribution in [0.4, 0.5) is 0 Å². The van der Waals surface area contributed by atoms with Crippen molar-refractivity contribution in [1.82, 2.24) is 20.4 Å². The number of rotatable bonds is 11. The molecule has 0 spiro atoms. The Kier molecular flexibility index (Phi) is 9.18. The van der Waals surface area contributed by atoms with E-state index in [1.54, 1.807) is 38.1 Å². The summed E-state index contributed by atoms with van der Waals surface area (Å²) >= 11 is 1.48. The van der Waals surface area contributed by atoms with E-state index in [2.05, 4.69) is 15.7 Å². The summed E-state index contributed by atoms with van der Waals surface area (Å²) in [5.74, 6) is -2.00. The predicted molar refractivity (Wildman–Crippen MR) is 140 cm³/mol. The summed E-state index contributed by atoms with van der Waals surface area (Å²) in [7, 11) is 2.98. The zero-order valence-corrected chi connectivity index (χ0v) is 21.9. The standard InChI is InChI=1S/C26H30N4O6S/c1-15(2)23(29-21(31)12-17-9-10-37-14-17)24(32)28-19(26(34)35)11-16-5-7-18(8-6-16)22-20(36-4)13-27-30(3)25(22)33/h5-10,13-15,19,23H,11-12H2,1-4H3,(H,28,32)(H,29,31)(H,34,35)/t19-,23?/m0/s1. The summed E-state index contributed by atoms with van der Waals surface area (Å²) in [4.78, 5) is 49.9. The van der Waals surface area contributed by atoms with Gasteiger partial charge in [-0.2, -0.15) is 16.4 Å². The molecule has 3 aromatic rings. The highest BCUT2D eigenvalue weighted by atomic mass is 32.1. The highest BCUT2D eigenvalue weighted by Crippen LogP contribution is 2.25. The number of hydrogen-bond acceptors (Lipinski definition) is 7. The van der Waals surface area contributed by atoms with Crippen molar-refractivity contribution in [1.29, 1.82) is 0 Å². The third-order valence-corrected chi connectivity index (χ3v) is 6.56. The molecule has 196 valence electrons. The minimum absolute atomic E-state index is 0.0144. The van der Waals surface area contributed by atoms with Crippen LogP contribution < -0.4 is 20.9 Å². The van der Waals surface area contributed by atoms with Crippen molar-refractivity contribution in [3.8, 4) is 16.9 Å². The maximum absolute atomic E-state index is 13.0. The lowest BCUT2D eigenvalue weighted by molar-refractivity contribution is -0.142. The molecule has 2 aromatic heterocycles. The second-order valence-electron chi connectivity index (χ2n) is 8.91. The van der Waals surface area contributed by atoms with Gasteiger partial charge in [-0.3, -0.25) is 14.4 Å². The molecule has 0 bridgehead atoms. The van der Waals surface area contributed by atoms with Crippen LogP contribution in [0.15, 0.2) is 52.1 Å². The van der Waals surface area contributed by atoms with Crippen molar-refractivity contribution in [3.63, 3.8) is 0 Å². The van der Waals surface area contributed by atoms with Crippen LogP contribution in [0.2, 0.25) is 0 Å². The number of aryl methyl sites for hydroxylation is 1. The van der Waals surface area contributed by atoms with E-state index in [1.807, 2.05) is 16.8 Å². The van der Waals surface area contributed by atoms with E-state index in [0.29, 0.717) is 22.4 Å². The molecule has 3 N–H and O–H groups in total. The molecular weight excluding hydrogens is 496 g/mol. The van der Waals surface area contributed by atoms with Gasteiger partial charge >= 0.3 is 5.97 Å². The van der Waals surface area contributed by atoms with Gasteiger partial charge in [0.1, 0.15) is 12.1 Å². The Balaban J connectivity index is 1.72. The second-order valence-corrected chi connectivity index (χ2v) is 9.69. The molecule has 0 aliphatic carbocycles. The van der Waals surface area contributed by atoms with E-state index < -0.39 is 24.0 Å². The van der Waals surface area contributed by atoms with Crippen LogP contribution in [0.5, 0.6) is 5.75 Å². The molecule has 0 radical (unpaired) electrons. The molecule has 1 unspecified atom stereocenters. The SMILES string of the molecule is COc1cnn(C)c(=O)c1-c1ccc(C[C@H](NC(=O)C(NC(=O)Cc2ccsc2)C(C)C)C(=O)O)cc1. The van der Waals surface area contributed by atoms with Gasteiger partial charge in [-0.05, 0) is 39.4 Å². The third kappa shape index (κ3) is 7.04. The second kappa shape index (κ2) is 12.3. The van der Waals surface area contributed by atoms with Gasteiger partial charge in [-0.25, -0.2) is 9.48 Å². The van der Waals surface area contributed by atoms with Crippen LogP contribution >= 0.6 is 11.3 Å². The van der Waals surface area contributed by atoms with Crippen molar-refractivity contribution >= 4 is 29.1 Å². The fourth-order valence-corrected chi connectivity index (χ4v) is 4.46. The van der Waals surface area contributed by atoms with Crippen LogP contribution in [-0.4, -0.2) is 51.9 Å². The number of ether oxygens (including phenoxy) is 1. The van der Waals surface area contributed by atoms with Crippen LogP contribution in [0.25, 0.3) is 11.1 Å². The molecule has 0 aliphatic rings. The molecule has 2 amide bonds. The average Bonchev–Trinajstić information content (AvgIpc) is 3.37. The Labute approximate surface area is 218 Å². The Morgan fingerprint density at radius 3 is 2.38 bits per heavy atom. The molecule has 0 fully saturated rings. The summed E-state index contributed by atoms with van der Waals surface area (Å²) in [5.41, 5.74) is 2.09. The minimum Gasteiger partial charge on any atom is -0.494 e. The first kappa shape index (κ1) is 27.6. The highest BCUT2D eigenvalue weighted by molar-refractivity contribution is 7.08. The fraction of sp³-hybridized carbons (Fsp3) is 0.346. The first-order valence-corrected chi connectivity index (χ1v) is 12.6. The maximum Gasteiger partial charge on any atom is 0.326 e. The zero-order valence-electron chi connectivity index (χ0n) is 21.1. The van der Waals surface area contributed by atoms with Gasteiger partial charge < -0.3 is 20.5 Å². The van der Waals surface area contributed by atoms with Crippen LogP contribution in [-0.2, 0) is 34.3 Å². The van der Waals surface area contributed by atoms with Gasteiger partial charge in [0.15, 0.2) is 5.75 Å². The lowest BCUT2D eigenvalue weighted by atomic mass is 9.99. The number of nitrogens with one attached hydrogen (secondary N) is 2. The molecule has 2 heterocycles. The number of hydrogen-bond donors (Lipinski definition) is 3. The molecule has 1 aromatic carbocycles. The molecule has 37 heavy (non-hydrogen) atoms. The number of methoxy groups -OCH3 is 1. The van der Waals surface area contributed by atoms with Crippen LogP contribution in [0.1, 0.15) is 25.0 Å². The molecule has 0 saturated heterocycles. The van der Waals surface area contributed by atoms with Crippen molar-refractivity contribution in [2.75, 3.05) is 7.11 Å². The predicted octanol–water partition coefficient (Wildman–Crippen LogP) is 2.01. The van der Waals surface area contributed by atoms with Gasteiger partial charge in [0.25, 0.3) is 5.56 Å². The first-order chi connectivity index (χ1) is 17.6. The van der Waals surface area contributed by atoms with Crippen molar-refractivity contribution in [2.45, 2.75) is 38.8 Å². The third-order valence-electron chi connectivity index (χ3n) is 5.83. The smallest absolute Gasteiger partial charge is 0.326 e. The molecule has 10 nitrogen and oxygen atoms in total. The van der Waals surface area contributed by atoms with Crippen molar-refractivity contribution < 1.29 is 24.2 Å². The van der Waals surface area contributed by atoms with Gasteiger partial charge in [0.2, 0.25) is 11.8 Å².